The van der Waals surface area contributed by atoms with Crippen LogP contribution in [0.4, 0.5) is 0 Å². The zero-order valence-electron chi connectivity index (χ0n) is 17.7. The highest BCUT2D eigenvalue weighted by Crippen LogP contribution is 2.36. The first-order chi connectivity index (χ1) is 13.8. The van der Waals surface area contributed by atoms with E-state index < -0.39 is 20.9 Å². The van der Waals surface area contributed by atoms with Crippen molar-refractivity contribution < 1.29 is 18.3 Å². The Bertz CT molecular complexity index is 1260. The number of rotatable bonds is 6. The number of methoxy groups -OCH3 is 1. The second-order valence-corrected chi connectivity index (χ2v) is 11.2. The molecule has 0 spiro atoms. The maximum Gasteiger partial charge on any atom is 0.213 e. The monoisotopic (exact) mass is 448 g/mol. The van der Waals surface area contributed by atoms with Crippen LogP contribution >= 0.6 is 11.3 Å². The Kier molecular flexibility index (Phi) is 5.43. The molecule has 3 rings (SSSR count). The molecule has 0 aliphatic carbocycles. The van der Waals surface area contributed by atoms with Crippen LogP contribution in [0.2, 0.25) is 0 Å². The number of sulfone groups is 1. The number of benzene rings is 1. The number of nitriles is 1. The van der Waals surface area contributed by atoms with Crippen molar-refractivity contribution in [2.45, 2.75) is 45.1 Å². The van der Waals surface area contributed by atoms with Gasteiger partial charge in [-0.3, -0.25) is 0 Å². The van der Waals surface area contributed by atoms with E-state index >= 15 is 0 Å². The Hall–Kier alpha value is -2.48. The first kappa shape index (κ1) is 22.2. The number of ether oxygens (including phenoxy) is 1. The summed E-state index contributed by atoms with van der Waals surface area (Å²) in [5.74, 6) is -0.127. The Morgan fingerprint density at radius 3 is 2.53 bits per heavy atom. The standard InChI is InChI=1S/C20H24N4O4S2/c1-12-16(24-18(22-12)29-17(23-24)20(4,5)25)13-7-8-14(28-6)15(9-13)30(26,27)11-19(2,3)10-21/h7-9,25H,11H2,1-6H3. The van der Waals surface area contributed by atoms with Crippen LogP contribution in [-0.2, 0) is 15.4 Å². The van der Waals surface area contributed by atoms with Crippen LogP contribution in [0.25, 0.3) is 16.2 Å². The molecule has 8 nitrogen and oxygen atoms in total. The lowest BCUT2D eigenvalue weighted by Crippen LogP contribution is -2.23. The average molecular weight is 449 g/mol. The zero-order valence-corrected chi connectivity index (χ0v) is 19.3. The van der Waals surface area contributed by atoms with Gasteiger partial charge >= 0.3 is 0 Å². The van der Waals surface area contributed by atoms with E-state index in [1.165, 1.54) is 24.5 Å². The van der Waals surface area contributed by atoms with Gasteiger partial charge in [-0.2, -0.15) is 10.4 Å². The van der Waals surface area contributed by atoms with Gasteiger partial charge in [0.05, 0.1) is 35.7 Å². The van der Waals surface area contributed by atoms with Gasteiger partial charge < -0.3 is 9.84 Å². The molecule has 1 N–H and O–H groups in total. The number of hydrogen-bond donors (Lipinski definition) is 1. The predicted molar refractivity (Wildman–Crippen MR) is 114 cm³/mol. The largest absolute Gasteiger partial charge is 0.495 e. The number of hydrogen-bond acceptors (Lipinski definition) is 8. The summed E-state index contributed by atoms with van der Waals surface area (Å²) in [6.07, 6.45) is 0. The fraction of sp³-hybridized carbons (Fsp3) is 0.450. The maximum atomic E-state index is 13.1. The van der Waals surface area contributed by atoms with Gasteiger partial charge in [-0.15, -0.1) is 0 Å². The molecular weight excluding hydrogens is 424 g/mol. The molecule has 0 atom stereocenters. The van der Waals surface area contributed by atoms with E-state index in [9.17, 15) is 18.8 Å². The van der Waals surface area contributed by atoms with Crippen molar-refractivity contribution in [1.29, 1.82) is 5.26 Å². The molecule has 2 heterocycles. The molecule has 160 valence electrons. The van der Waals surface area contributed by atoms with E-state index in [1.807, 2.05) is 13.0 Å². The summed E-state index contributed by atoms with van der Waals surface area (Å²) < 4.78 is 33.1. The molecule has 3 aromatic rings. The van der Waals surface area contributed by atoms with Crippen molar-refractivity contribution in [3.8, 4) is 23.1 Å². The van der Waals surface area contributed by atoms with Gasteiger partial charge in [-0.1, -0.05) is 11.3 Å². The molecule has 0 amide bonds. The molecule has 0 radical (unpaired) electrons. The molecule has 0 aliphatic rings. The summed E-state index contributed by atoms with van der Waals surface area (Å²) >= 11 is 1.27. The van der Waals surface area contributed by atoms with E-state index in [0.29, 0.717) is 26.9 Å². The number of aromatic nitrogens is 3. The van der Waals surface area contributed by atoms with E-state index in [-0.39, 0.29) is 16.4 Å². The normalized spacial score (nSPS) is 12.9. The van der Waals surface area contributed by atoms with Gasteiger partial charge in [0.15, 0.2) is 9.84 Å². The van der Waals surface area contributed by atoms with Crippen LogP contribution in [0, 0.1) is 23.7 Å². The SMILES string of the molecule is COc1ccc(-c2c(C)nc3sc(C(C)(C)O)nn23)cc1S(=O)(=O)CC(C)(C)C#N. The van der Waals surface area contributed by atoms with Crippen molar-refractivity contribution in [2.24, 2.45) is 5.41 Å². The Morgan fingerprint density at radius 2 is 1.97 bits per heavy atom. The lowest BCUT2D eigenvalue weighted by Gasteiger charge is -2.17. The van der Waals surface area contributed by atoms with E-state index in [2.05, 4.69) is 10.1 Å². The minimum atomic E-state index is -3.81. The summed E-state index contributed by atoms with van der Waals surface area (Å²) in [6.45, 7) is 8.27. The molecule has 1 aromatic carbocycles. The van der Waals surface area contributed by atoms with Crippen LogP contribution in [0.3, 0.4) is 0 Å². The third kappa shape index (κ3) is 4.05. The summed E-state index contributed by atoms with van der Waals surface area (Å²) in [6, 6.07) is 6.89. The third-order valence-electron chi connectivity index (χ3n) is 4.53. The summed E-state index contributed by atoms with van der Waals surface area (Å²) in [7, 11) is -2.40. The topological polar surface area (TPSA) is 118 Å². The van der Waals surface area contributed by atoms with Gasteiger partial charge in [0, 0.05) is 5.56 Å². The molecule has 2 aromatic heterocycles. The highest BCUT2D eigenvalue weighted by atomic mass is 32.2. The molecule has 10 heteroatoms. The Morgan fingerprint density at radius 1 is 1.30 bits per heavy atom. The van der Waals surface area contributed by atoms with E-state index in [4.69, 9.17) is 4.74 Å². The molecule has 0 fully saturated rings. The average Bonchev–Trinajstić information content (AvgIpc) is 3.17. The highest BCUT2D eigenvalue weighted by Gasteiger charge is 2.31. The molecule has 0 saturated carbocycles. The first-order valence-corrected chi connectivity index (χ1v) is 11.7. The minimum absolute atomic E-state index is 0.0121. The van der Waals surface area contributed by atoms with Crippen LogP contribution in [0.15, 0.2) is 23.1 Å². The molecule has 0 unspecified atom stereocenters. The fourth-order valence-electron chi connectivity index (χ4n) is 3.08. The second-order valence-electron chi connectivity index (χ2n) is 8.33. The fourth-order valence-corrected chi connectivity index (χ4v) is 5.96. The number of nitrogens with zero attached hydrogens (tertiary/aromatic N) is 4. The van der Waals surface area contributed by atoms with Gasteiger partial charge in [0.2, 0.25) is 4.96 Å². The number of imidazole rings is 1. The molecule has 0 saturated heterocycles. The van der Waals surface area contributed by atoms with Crippen molar-refractivity contribution >= 4 is 26.1 Å². The van der Waals surface area contributed by atoms with Crippen molar-refractivity contribution in [3.05, 3.63) is 28.9 Å². The lowest BCUT2D eigenvalue weighted by molar-refractivity contribution is 0.0773. The summed E-state index contributed by atoms with van der Waals surface area (Å²) in [5.41, 5.74) is -0.247. The maximum absolute atomic E-state index is 13.1. The first-order valence-electron chi connectivity index (χ1n) is 9.20. The predicted octanol–water partition coefficient (Wildman–Crippen LogP) is 3.33. The van der Waals surface area contributed by atoms with E-state index in [0.717, 1.165) is 0 Å². The number of aliphatic hydroxyl groups is 1. The number of aryl methyl sites for hydroxylation is 1. The minimum Gasteiger partial charge on any atom is -0.495 e. The van der Waals surface area contributed by atoms with Crippen LogP contribution in [0.1, 0.15) is 38.4 Å². The Labute approximate surface area is 179 Å². The van der Waals surface area contributed by atoms with Gasteiger partial charge in [0.25, 0.3) is 0 Å². The van der Waals surface area contributed by atoms with Crippen LogP contribution < -0.4 is 4.74 Å². The second kappa shape index (κ2) is 7.34. The number of fused-ring (bicyclic) bond motifs is 1. The molecule has 0 aliphatic heterocycles. The van der Waals surface area contributed by atoms with Gasteiger partial charge in [0.1, 0.15) is 21.3 Å². The molecule has 0 bridgehead atoms. The summed E-state index contributed by atoms with van der Waals surface area (Å²) in [4.78, 5) is 5.13. The highest BCUT2D eigenvalue weighted by molar-refractivity contribution is 7.91. The van der Waals surface area contributed by atoms with Gasteiger partial charge in [-0.25, -0.2) is 17.9 Å². The van der Waals surface area contributed by atoms with Crippen molar-refractivity contribution in [2.75, 3.05) is 12.9 Å². The van der Waals surface area contributed by atoms with Gasteiger partial charge in [-0.05, 0) is 52.8 Å². The quantitative estimate of drug-likeness (QED) is 0.614. The van der Waals surface area contributed by atoms with E-state index in [1.54, 1.807) is 44.3 Å². The Balaban J connectivity index is 2.20. The smallest absolute Gasteiger partial charge is 0.213 e. The van der Waals surface area contributed by atoms with Crippen LogP contribution in [0.5, 0.6) is 5.75 Å². The summed E-state index contributed by atoms with van der Waals surface area (Å²) in [5, 5.41) is 24.5. The third-order valence-corrected chi connectivity index (χ3v) is 7.84. The van der Waals surface area contributed by atoms with Crippen molar-refractivity contribution in [3.63, 3.8) is 0 Å². The lowest BCUT2D eigenvalue weighted by atomic mass is 10.00. The molecular formula is C20H24N4O4S2. The molecule has 30 heavy (non-hydrogen) atoms. The van der Waals surface area contributed by atoms with Crippen LogP contribution in [-0.4, -0.2) is 41.0 Å². The van der Waals surface area contributed by atoms with Crippen molar-refractivity contribution in [1.82, 2.24) is 14.6 Å². The zero-order chi connectivity index (χ0) is 22.5.